The Labute approximate surface area is 501 Å². The van der Waals surface area contributed by atoms with E-state index in [1.165, 1.54) is 0 Å². The first-order valence-corrected chi connectivity index (χ1v) is 28.2. The van der Waals surface area contributed by atoms with Crippen molar-refractivity contribution in [3.8, 4) is 44.8 Å². The van der Waals surface area contributed by atoms with E-state index in [1.807, 2.05) is 72.8 Å². The molecule has 6 nitrogen and oxygen atoms in total. The van der Waals surface area contributed by atoms with Gasteiger partial charge in [-0.05, 0) is 153 Å². The van der Waals surface area contributed by atoms with Gasteiger partial charge in [-0.1, -0.05) is 146 Å². The fraction of sp³-hybridized carbons (Fsp3) is 0.0133. The lowest BCUT2D eigenvalue weighted by molar-refractivity contribution is 0.101. The van der Waals surface area contributed by atoms with E-state index >= 15 is 8.78 Å². The third-order valence-corrected chi connectivity index (χ3v) is 17.0. The van der Waals surface area contributed by atoms with Gasteiger partial charge in [-0.25, -0.2) is 35.1 Å². The third kappa shape index (κ3) is 8.61. The normalized spacial score (nSPS) is 12.4. The molecule has 2 heterocycles. The number of anilines is 2. The molecule has 430 valence electrons. The van der Waals surface area contributed by atoms with Crippen LogP contribution in [-0.2, 0) is 5.41 Å². The van der Waals surface area contributed by atoms with E-state index in [-0.39, 0.29) is 23.5 Å². The molecule has 1 aliphatic rings. The number of carbonyl (C=O) groups is 2. The predicted octanol–water partition coefficient (Wildman–Crippen LogP) is 19.2. The summed E-state index contributed by atoms with van der Waals surface area (Å²) in [6.45, 7) is 0. The lowest BCUT2D eigenvalue weighted by Gasteiger charge is -2.34. The van der Waals surface area contributed by atoms with Crippen LogP contribution in [0.25, 0.3) is 88.4 Å². The quantitative estimate of drug-likeness (QED) is 0.0814. The second-order valence-electron chi connectivity index (χ2n) is 21.9. The third-order valence-electron chi connectivity index (χ3n) is 17.0. The molecule has 0 radical (unpaired) electrons. The van der Waals surface area contributed by atoms with Crippen molar-refractivity contribution < 1.29 is 44.7 Å². The van der Waals surface area contributed by atoms with Gasteiger partial charge in [-0.2, -0.15) is 0 Å². The number of rotatable bonds is 10. The Balaban J connectivity index is 0.927. The first-order valence-electron chi connectivity index (χ1n) is 28.2. The van der Waals surface area contributed by atoms with Crippen LogP contribution >= 0.6 is 0 Å². The minimum Gasteiger partial charge on any atom is -0.322 e. The lowest BCUT2D eigenvalue weighted by atomic mass is 9.67. The molecule has 1 aliphatic carbocycles. The van der Waals surface area contributed by atoms with Crippen molar-refractivity contribution in [3.63, 3.8) is 0 Å². The Morgan fingerprint density at radius 2 is 0.652 bits per heavy atom. The molecule has 0 spiro atoms. The summed E-state index contributed by atoms with van der Waals surface area (Å²) in [4.78, 5) is 27.1. The number of benzene rings is 12. The molecule has 0 unspecified atom stereocenters. The number of hydrogen-bond donors (Lipinski definition) is 2. The van der Waals surface area contributed by atoms with Crippen LogP contribution < -0.4 is 10.6 Å². The molecule has 2 aromatic heterocycles. The fourth-order valence-corrected chi connectivity index (χ4v) is 13.0. The van der Waals surface area contributed by atoms with Gasteiger partial charge in [0.15, 0.2) is 46.5 Å². The Kier molecular flexibility index (Phi) is 12.8. The smallest absolute Gasteiger partial charge is 0.258 e. The van der Waals surface area contributed by atoms with Crippen molar-refractivity contribution in [1.82, 2.24) is 9.13 Å². The monoisotopic (exact) mass is 1180 g/mol. The maximum atomic E-state index is 15.1. The zero-order valence-corrected chi connectivity index (χ0v) is 46.3. The van der Waals surface area contributed by atoms with Crippen LogP contribution in [-0.4, -0.2) is 20.9 Å². The average molecular weight is 1180 g/mol. The predicted molar refractivity (Wildman–Crippen MR) is 332 cm³/mol. The molecule has 2 N–H and O–H groups in total. The zero-order valence-electron chi connectivity index (χ0n) is 46.3. The molecular formula is C75H42F8N4O2. The number of hydrogen-bond acceptors (Lipinski definition) is 2. The van der Waals surface area contributed by atoms with Gasteiger partial charge in [-0.15, -0.1) is 0 Å². The molecule has 89 heavy (non-hydrogen) atoms. The molecule has 14 aromatic rings. The summed E-state index contributed by atoms with van der Waals surface area (Å²) >= 11 is 0. The number of fused-ring (bicyclic) bond motifs is 9. The zero-order chi connectivity index (χ0) is 61.0. The largest absolute Gasteiger partial charge is 0.322 e. The standard InChI is InChI=1S/C75H42F8N4O2/c76-61-39-57(67(78)71(82)69(61)80)73(88)84-47-29-25-45(26-30-47)75(46-27-31-48(32-28-46)85-74(89)58-40-62(77)70(81)72(83)68(58)79)59-37-43(41-11-9-13-49(35-41)86-63-19-5-1-15-53(63)54-16-2-6-20-64(54)86)23-33-51(59)52-34-24-44(38-60(52)75)42-12-10-14-50(36-42)87-65-21-7-3-17-55(65)56-18-4-8-22-66(56)87/h1-40H,(H,84,88)(H,85,89). The molecule has 0 atom stereocenters. The Morgan fingerprint density at radius 3 is 1.01 bits per heavy atom. The lowest BCUT2D eigenvalue weighted by Crippen LogP contribution is -2.29. The van der Waals surface area contributed by atoms with E-state index in [4.69, 9.17) is 0 Å². The van der Waals surface area contributed by atoms with Crippen molar-refractivity contribution in [2.75, 3.05) is 10.6 Å². The second-order valence-corrected chi connectivity index (χ2v) is 21.9. The Morgan fingerprint density at radius 1 is 0.315 bits per heavy atom. The summed E-state index contributed by atoms with van der Waals surface area (Å²) in [5.41, 5.74) is 10.5. The topological polar surface area (TPSA) is 68.1 Å². The molecule has 15 rings (SSSR count). The highest BCUT2D eigenvalue weighted by atomic mass is 19.2. The minimum absolute atomic E-state index is 0.0853. The average Bonchev–Trinajstić information content (AvgIpc) is 1.56. The number of nitrogens with one attached hydrogen (secondary N) is 2. The molecule has 0 fully saturated rings. The Bertz CT molecular complexity index is 4870. The maximum absolute atomic E-state index is 15.1. The number of amides is 2. The van der Waals surface area contributed by atoms with Crippen LogP contribution in [0.4, 0.5) is 46.5 Å². The molecule has 0 saturated heterocycles. The van der Waals surface area contributed by atoms with Crippen molar-refractivity contribution in [2.24, 2.45) is 0 Å². The van der Waals surface area contributed by atoms with Crippen molar-refractivity contribution >= 4 is 66.8 Å². The van der Waals surface area contributed by atoms with Gasteiger partial charge in [0.05, 0.1) is 38.6 Å². The molecule has 14 heteroatoms. The van der Waals surface area contributed by atoms with Gasteiger partial charge in [0.25, 0.3) is 11.8 Å². The minimum atomic E-state index is -2.14. The van der Waals surface area contributed by atoms with Gasteiger partial charge < -0.3 is 19.8 Å². The first-order chi connectivity index (χ1) is 43.3. The van der Waals surface area contributed by atoms with Crippen LogP contribution in [0, 0.1) is 46.5 Å². The number of para-hydroxylation sites is 4. The van der Waals surface area contributed by atoms with Gasteiger partial charge in [0.1, 0.15) is 0 Å². The molecule has 12 aromatic carbocycles. The molecule has 0 aliphatic heterocycles. The van der Waals surface area contributed by atoms with Gasteiger partial charge >= 0.3 is 0 Å². The highest BCUT2D eigenvalue weighted by Crippen LogP contribution is 2.58. The van der Waals surface area contributed by atoms with E-state index in [9.17, 15) is 35.9 Å². The molecule has 0 saturated carbocycles. The van der Waals surface area contributed by atoms with E-state index in [0.29, 0.717) is 11.1 Å². The molecular weight excluding hydrogens is 1140 g/mol. The van der Waals surface area contributed by atoms with E-state index in [0.717, 1.165) is 99.5 Å². The van der Waals surface area contributed by atoms with E-state index in [1.54, 1.807) is 48.5 Å². The van der Waals surface area contributed by atoms with Gasteiger partial charge in [-0.3, -0.25) is 9.59 Å². The number of nitrogens with zero attached hydrogens (tertiary/aromatic N) is 2. The van der Waals surface area contributed by atoms with Gasteiger partial charge in [0.2, 0.25) is 0 Å². The van der Waals surface area contributed by atoms with Crippen molar-refractivity contribution in [1.29, 1.82) is 0 Å². The van der Waals surface area contributed by atoms with E-state index < -0.39 is 74.9 Å². The summed E-state index contributed by atoms with van der Waals surface area (Å²) in [5, 5.41) is 9.38. The summed E-state index contributed by atoms with van der Waals surface area (Å²) in [5.74, 6) is -18.1. The molecule has 2 amide bonds. The fourth-order valence-electron chi connectivity index (χ4n) is 13.0. The first kappa shape index (κ1) is 54.3. The molecule has 0 bridgehead atoms. The Hall–Kier alpha value is -11.4. The van der Waals surface area contributed by atoms with Gasteiger partial charge in [0, 0.05) is 44.3 Å². The van der Waals surface area contributed by atoms with Crippen molar-refractivity contribution in [2.45, 2.75) is 5.41 Å². The highest BCUT2D eigenvalue weighted by molar-refractivity contribution is 6.11. The summed E-state index contributed by atoms with van der Waals surface area (Å²) < 4.78 is 120. The second kappa shape index (κ2) is 20.9. The SMILES string of the molecule is O=C(Nc1ccc(C2(c3ccc(NC(=O)c4cc(F)c(F)c(F)c4F)cc3)c3cc(-c4cccc(-n5c6ccccc6c6ccccc65)c4)ccc3-c3ccc(-c4cccc(-n5c6ccccc6c6ccccc65)c4)cc32)cc1)c1cc(F)c(F)c(F)c1F. The van der Waals surface area contributed by atoms with Crippen molar-refractivity contribution in [3.05, 3.63) is 323 Å². The van der Waals surface area contributed by atoms with Crippen LogP contribution in [0.2, 0.25) is 0 Å². The van der Waals surface area contributed by atoms with Crippen LogP contribution in [0.3, 0.4) is 0 Å². The number of halogens is 8. The summed E-state index contributed by atoms with van der Waals surface area (Å²) in [6, 6.07) is 75.6. The number of carbonyl (C=O) groups excluding carboxylic acids is 2. The number of aromatic nitrogens is 2. The summed E-state index contributed by atoms with van der Waals surface area (Å²) in [7, 11) is 0. The maximum Gasteiger partial charge on any atom is 0.258 e. The highest BCUT2D eigenvalue weighted by Gasteiger charge is 2.47. The summed E-state index contributed by atoms with van der Waals surface area (Å²) in [6.07, 6.45) is 0. The van der Waals surface area contributed by atoms with Crippen LogP contribution in [0.15, 0.2) is 243 Å². The van der Waals surface area contributed by atoms with E-state index in [2.05, 4.69) is 129 Å². The van der Waals surface area contributed by atoms with Crippen LogP contribution in [0.1, 0.15) is 43.0 Å². The van der Waals surface area contributed by atoms with Crippen LogP contribution in [0.5, 0.6) is 0 Å².